The number of primary amides is 1. The average molecular weight is 501 g/mol. The van der Waals surface area contributed by atoms with E-state index in [1.54, 1.807) is 6.20 Å². The maximum Gasteiger partial charge on any atom is 0.273 e. The van der Waals surface area contributed by atoms with Crippen LogP contribution in [0.25, 0.3) is 0 Å². The second kappa shape index (κ2) is 9.57. The van der Waals surface area contributed by atoms with E-state index in [2.05, 4.69) is 49.6 Å². The van der Waals surface area contributed by atoms with Crippen molar-refractivity contribution in [3.8, 4) is 0 Å². The summed E-state index contributed by atoms with van der Waals surface area (Å²) in [6.07, 6.45) is 10.7. The average Bonchev–Trinajstić information content (AvgIpc) is 3.84. The third kappa shape index (κ3) is 5.05. The largest absolute Gasteiger partial charge is 0.364 e. The van der Waals surface area contributed by atoms with Crippen molar-refractivity contribution in [1.29, 1.82) is 0 Å². The van der Waals surface area contributed by atoms with E-state index in [4.69, 9.17) is 5.73 Å². The van der Waals surface area contributed by atoms with Gasteiger partial charge in [-0.15, -0.1) is 10.2 Å². The second-order valence-corrected chi connectivity index (χ2v) is 10.6. The van der Waals surface area contributed by atoms with E-state index in [1.165, 1.54) is 18.4 Å². The SMILES string of the molecule is C[C@@H]1[C@H](CC(=O)c2ccc(C3CC3)cc2)CCCN1c1nnc(C(N)=O)c(Nc2cnn(C3CC3)c2)n1. The summed E-state index contributed by atoms with van der Waals surface area (Å²) in [5.41, 5.74) is 8.36. The lowest BCUT2D eigenvalue weighted by atomic mass is 9.85. The molecule has 37 heavy (non-hydrogen) atoms. The van der Waals surface area contributed by atoms with Gasteiger partial charge in [-0.1, -0.05) is 24.3 Å². The van der Waals surface area contributed by atoms with Crippen LogP contribution < -0.4 is 16.0 Å². The zero-order valence-corrected chi connectivity index (χ0v) is 21.0. The van der Waals surface area contributed by atoms with Gasteiger partial charge in [0.1, 0.15) is 0 Å². The van der Waals surface area contributed by atoms with Crippen LogP contribution >= 0.6 is 0 Å². The van der Waals surface area contributed by atoms with Gasteiger partial charge in [-0.25, -0.2) is 0 Å². The van der Waals surface area contributed by atoms with Crippen LogP contribution in [0.5, 0.6) is 0 Å². The lowest BCUT2D eigenvalue weighted by molar-refractivity contribution is 0.0944. The summed E-state index contributed by atoms with van der Waals surface area (Å²) in [6.45, 7) is 2.85. The van der Waals surface area contributed by atoms with Crippen LogP contribution in [-0.2, 0) is 0 Å². The number of hydrogen-bond donors (Lipinski definition) is 2. The van der Waals surface area contributed by atoms with Crippen LogP contribution in [-0.4, -0.2) is 49.2 Å². The molecule has 3 heterocycles. The van der Waals surface area contributed by atoms with Gasteiger partial charge in [-0.3, -0.25) is 14.3 Å². The number of ketones is 1. The molecule has 2 aromatic heterocycles. The van der Waals surface area contributed by atoms with Gasteiger partial charge in [-0.05, 0) is 62.8 Å². The van der Waals surface area contributed by atoms with Crippen LogP contribution in [0, 0.1) is 5.92 Å². The Morgan fingerprint density at radius 1 is 1.08 bits per heavy atom. The zero-order valence-electron chi connectivity index (χ0n) is 21.0. The molecule has 2 aliphatic carbocycles. The lowest BCUT2D eigenvalue weighted by Gasteiger charge is -2.39. The molecule has 1 aromatic carbocycles. The third-order valence-corrected chi connectivity index (χ3v) is 7.83. The van der Waals surface area contributed by atoms with Gasteiger partial charge in [0.25, 0.3) is 5.91 Å². The molecule has 0 bridgehead atoms. The maximum absolute atomic E-state index is 13.1. The molecule has 2 atom stereocenters. The number of nitrogens with one attached hydrogen (secondary N) is 1. The molecule has 1 aliphatic heterocycles. The Hall–Kier alpha value is -3.82. The van der Waals surface area contributed by atoms with Crippen LogP contribution in [0.4, 0.5) is 17.5 Å². The fraction of sp³-hybridized carbons (Fsp3) is 0.481. The Bertz CT molecular complexity index is 1310. The second-order valence-electron chi connectivity index (χ2n) is 10.6. The van der Waals surface area contributed by atoms with Gasteiger partial charge in [-0.2, -0.15) is 10.1 Å². The molecule has 3 aromatic rings. The number of piperidine rings is 1. The number of rotatable bonds is 9. The summed E-state index contributed by atoms with van der Waals surface area (Å²) in [5.74, 6) is 0.983. The summed E-state index contributed by atoms with van der Waals surface area (Å²) in [7, 11) is 0. The minimum Gasteiger partial charge on any atom is -0.364 e. The summed E-state index contributed by atoms with van der Waals surface area (Å²) >= 11 is 0. The van der Waals surface area contributed by atoms with E-state index < -0.39 is 5.91 Å². The number of Topliss-reactive ketones (excluding diaryl/α,β-unsaturated/α-hetero) is 1. The molecule has 2 saturated carbocycles. The molecule has 1 amide bonds. The molecular formula is C27H32N8O2. The molecule has 10 heteroatoms. The van der Waals surface area contributed by atoms with Gasteiger partial charge in [0.15, 0.2) is 17.3 Å². The highest BCUT2D eigenvalue weighted by molar-refractivity contribution is 5.96. The molecule has 3 N–H and O–H groups in total. The molecule has 10 nitrogen and oxygen atoms in total. The Labute approximate surface area is 215 Å². The number of nitrogens with zero attached hydrogens (tertiary/aromatic N) is 6. The molecule has 1 saturated heterocycles. The molecule has 0 unspecified atom stereocenters. The minimum atomic E-state index is -0.702. The van der Waals surface area contributed by atoms with Crippen molar-refractivity contribution in [3.63, 3.8) is 0 Å². The zero-order chi connectivity index (χ0) is 25.5. The number of anilines is 3. The van der Waals surface area contributed by atoms with Gasteiger partial charge >= 0.3 is 0 Å². The molecule has 192 valence electrons. The minimum absolute atomic E-state index is 0.0195. The van der Waals surface area contributed by atoms with Gasteiger partial charge in [0, 0.05) is 30.8 Å². The number of carbonyl (C=O) groups excluding carboxylic acids is 2. The number of hydrogen-bond acceptors (Lipinski definition) is 8. The Balaban J connectivity index is 1.18. The number of amides is 1. The number of nitrogens with two attached hydrogens (primary N) is 1. The Morgan fingerprint density at radius 2 is 1.86 bits per heavy atom. The van der Waals surface area contributed by atoms with Crippen LogP contribution in [0.15, 0.2) is 36.7 Å². The van der Waals surface area contributed by atoms with Crippen molar-refractivity contribution >= 4 is 29.1 Å². The summed E-state index contributed by atoms with van der Waals surface area (Å²) < 4.78 is 1.91. The molecular weight excluding hydrogens is 468 g/mol. The van der Waals surface area contributed by atoms with Gasteiger partial charge in [0.05, 0.1) is 17.9 Å². The molecule has 6 rings (SSSR count). The van der Waals surface area contributed by atoms with E-state index >= 15 is 0 Å². The fourth-order valence-corrected chi connectivity index (χ4v) is 5.26. The van der Waals surface area contributed by atoms with Crippen molar-refractivity contribution in [2.24, 2.45) is 11.7 Å². The predicted octanol–water partition coefficient (Wildman–Crippen LogP) is 4.00. The quantitative estimate of drug-likeness (QED) is 0.421. The molecule has 0 spiro atoms. The number of aromatic nitrogens is 5. The predicted molar refractivity (Wildman–Crippen MR) is 139 cm³/mol. The summed E-state index contributed by atoms with van der Waals surface area (Å²) in [4.78, 5) is 31.9. The van der Waals surface area contributed by atoms with Crippen LogP contribution in [0.1, 0.15) is 90.2 Å². The van der Waals surface area contributed by atoms with E-state index in [0.717, 1.165) is 37.8 Å². The van der Waals surface area contributed by atoms with E-state index in [0.29, 0.717) is 30.0 Å². The highest BCUT2D eigenvalue weighted by Crippen LogP contribution is 2.40. The van der Waals surface area contributed by atoms with E-state index in [9.17, 15) is 9.59 Å². The van der Waals surface area contributed by atoms with Crippen molar-refractivity contribution in [1.82, 2.24) is 25.0 Å². The molecule has 0 radical (unpaired) electrons. The monoisotopic (exact) mass is 500 g/mol. The standard InChI is InChI=1S/C27H32N8O2/c1-16-20(13-23(36)19-8-6-18(7-9-19)17-4-5-17)3-2-12-34(16)27-31-26(24(25(28)37)32-33-27)30-21-14-29-35(15-21)22-10-11-22/h6-9,14-17,20,22H,2-5,10-13H2,1H3,(H2,28,37)(H,30,31,33)/t16-,20+/m1/s1. The normalized spacial score (nSPS) is 21.6. The first kappa shape index (κ1) is 23.6. The molecule has 3 fully saturated rings. The van der Waals surface area contributed by atoms with Crippen molar-refractivity contribution in [3.05, 3.63) is 53.5 Å². The van der Waals surface area contributed by atoms with Gasteiger partial charge < -0.3 is 16.0 Å². The third-order valence-electron chi connectivity index (χ3n) is 7.83. The summed E-state index contributed by atoms with van der Waals surface area (Å²) in [6, 6.07) is 8.62. The highest BCUT2D eigenvalue weighted by Gasteiger charge is 2.32. The fourth-order valence-electron chi connectivity index (χ4n) is 5.26. The Morgan fingerprint density at radius 3 is 2.57 bits per heavy atom. The van der Waals surface area contributed by atoms with Crippen molar-refractivity contribution < 1.29 is 9.59 Å². The van der Waals surface area contributed by atoms with Gasteiger partial charge in [0.2, 0.25) is 5.95 Å². The van der Waals surface area contributed by atoms with Crippen molar-refractivity contribution in [2.75, 3.05) is 16.8 Å². The molecule has 3 aliphatic rings. The first-order valence-corrected chi connectivity index (χ1v) is 13.2. The van der Waals surface area contributed by atoms with Crippen LogP contribution in [0.2, 0.25) is 0 Å². The van der Waals surface area contributed by atoms with E-state index in [1.807, 2.05) is 23.0 Å². The number of carbonyl (C=O) groups is 2. The maximum atomic E-state index is 13.1. The highest BCUT2D eigenvalue weighted by atomic mass is 16.1. The van der Waals surface area contributed by atoms with E-state index in [-0.39, 0.29) is 29.3 Å². The first-order chi connectivity index (χ1) is 18.0. The Kier molecular flexibility index (Phi) is 6.10. The lowest BCUT2D eigenvalue weighted by Crippen LogP contribution is -2.45. The van der Waals surface area contributed by atoms with Crippen molar-refractivity contribution in [2.45, 2.75) is 69.9 Å². The topological polar surface area (TPSA) is 132 Å². The first-order valence-electron chi connectivity index (χ1n) is 13.2. The number of benzene rings is 1. The summed E-state index contributed by atoms with van der Waals surface area (Å²) in [5, 5.41) is 15.9. The van der Waals surface area contributed by atoms with Crippen LogP contribution in [0.3, 0.4) is 0 Å². The smallest absolute Gasteiger partial charge is 0.273 e.